The van der Waals surface area contributed by atoms with Crippen LogP contribution in [0.1, 0.15) is 11.1 Å². The number of hydrogen-bond acceptors (Lipinski definition) is 7. The number of hydrogen-bond donors (Lipinski definition) is 3. The van der Waals surface area contributed by atoms with Crippen molar-refractivity contribution in [3.05, 3.63) is 59.7 Å². The lowest BCUT2D eigenvalue weighted by atomic mass is 10.1. The fraction of sp³-hybridized carbons (Fsp3) is 0.182. The molecule has 2 aromatic heterocycles. The number of aromatic nitrogens is 5. The minimum atomic E-state index is -0.139. The van der Waals surface area contributed by atoms with Gasteiger partial charge in [0.25, 0.3) is 0 Å². The summed E-state index contributed by atoms with van der Waals surface area (Å²) in [4.78, 5) is 12.4. The van der Waals surface area contributed by atoms with Crippen LogP contribution in [-0.2, 0) is 4.79 Å². The molecule has 1 amide bonds. The summed E-state index contributed by atoms with van der Waals surface area (Å²) in [6, 6.07) is 15.3. The second kappa shape index (κ2) is 9.15. The number of methoxy groups -OCH3 is 1. The van der Waals surface area contributed by atoms with E-state index in [4.69, 9.17) is 10.6 Å². The number of nitrogen functional groups attached to an aromatic ring is 1. The highest BCUT2D eigenvalue weighted by Crippen LogP contribution is 2.26. The Hall–Kier alpha value is -3.79. The normalized spacial score (nSPS) is 10.8. The van der Waals surface area contributed by atoms with E-state index in [1.54, 1.807) is 7.11 Å². The van der Waals surface area contributed by atoms with E-state index in [1.165, 1.54) is 16.4 Å². The number of aromatic amines is 1. The Morgan fingerprint density at radius 3 is 2.56 bits per heavy atom. The number of anilines is 1. The lowest BCUT2D eigenvalue weighted by Gasteiger charge is -2.11. The smallest absolute Gasteiger partial charge is 0.234 e. The van der Waals surface area contributed by atoms with Crippen LogP contribution in [0.5, 0.6) is 5.75 Å². The molecular weight excluding hydrogens is 426 g/mol. The SMILES string of the molecule is COc1ccc(-c2cc(-c3nnc(SCC(=O)Nc4c(C)cccc4C)n3N)[nH]n2)cc1. The number of aryl methyl sites for hydroxylation is 2. The highest BCUT2D eigenvalue weighted by Gasteiger charge is 2.17. The number of para-hydroxylation sites is 1. The number of rotatable bonds is 7. The van der Waals surface area contributed by atoms with Gasteiger partial charge in [-0.1, -0.05) is 30.0 Å². The van der Waals surface area contributed by atoms with Crippen LogP contribution in [0.4, 0.5) is 5.69 Å². The van der Waals surface area contributed by atoms with Crippen LogP contribution in [0.15, 0.2) is 53.7 Å². The summed E-state index contributed by atoms with van der Waals surface area (Å²) in [5, 5.41) is 18.9. The average molecular weight is 450 g/mol. The number of carbonyl (C=O) groups excluding carboxylic acids is 1. The van der Waals surface area contributed by atoms with Crippen molar-refractivity contribution >= 4 is 23.4 Å². The molecule has 0 aliphatic heterocycles. The van der Waals surface area contributed by atoms with Gasteiger partial charge in [0.2, 0.25) is 16.9 Å². The van der Waals surface area contributed by atoms with Gasteiger partial charge in [0.1, 0.15) is 11.4 Å². The predicted octanol–water partition coefficient (Wildman–Crippen LogP) is 3.41. The number of H-pyrrole nitrogens is 1. The molecule has 4 rings (SSSR count). The number of nitrogens with two attached hydrogens (primary N) is 1. The van der Waals surface area contributed by atoms with Gasteiger partial charge in [0, 0.05) is 11.3 Å². The zero-order chi connectivity index (χ0) is 22.7. The van der Waals surface area contributed by atoms with Crippen LogP contribution in [0.2, 0.25) is 0 Å². The molecule has 0 saturated heterocycles. The highest BCUT2D eigenvalue weighted by atomic mass is 32.2. The second-order valence-electron chi connectivity index (χ2n) is 7.18. The summed E-state index contributed by atoms with van der Waals surface area (Å²) in [5.74, 6) is 7.40. The summed E-state index contributed by atoms with van der Waals surface area (Å²) < 4.78 is 6.53. The van der Waals surface area contributed by atoms with E-state index < -0.39 is 0 Å². The molecule has 0 radical (unpaired) electrons. The molecule has 0 aliphatic carbocycles. The van der Waals surface area contributed by atoms with Crippen molar-refractivity contribution in [3.63, 3.8) is 0 Å². The van der Waals surface area contributed by atoms with Crippen molar-refractivity contribution in [2.24, 2.45) is 0 Å². The van der Waals surface area contributed by atoms with Gasteiger partial charge in [-0.3, -0.25) is 9.89 Å². The molecule has 0 fully saturated rings. The molecule has 0 spiro atoms. The monoisotopic (exact) mass is 449 g/mol. The maximum atomic E-state index is 12.4. The van der Waals surface area contributed by atoms with Gasteiger partial charge in [-0.25, -0.2) is 4.68 Å². The highest BCUT2D eigenvalue weighted by molar-refractivity contribution is 7.99. The first-order chi connectivity index (χ1) is 15.5. The third-order valence-corrected chi connectivity index (χ3v) is 5.89. The Morgan fingerprint density at radius 2 is 1.88 bits per heavy atom. The minimum Gasteiger partial charge on any atom is -0.497 e. The van der Waals surface area contributed by atoms with Crippen LogP contribution in [0.3, 0.4) is 0 Å². The van der Waals surface area contributed by atoms with Gasteiger partial charge in [-0.2, -0.15) is 5.10 Å². The second-order valence-corrected chi connectivity index (χ2v) is 8.12. The molecule has 0 saturated carbocycles. The van der Waals surface area contributed by atoms with Gasteiger partial charge in [-0.05, 0) is 55.3 Å². The van der Waals surface area contributed by atoms with Crippen molar-refractivity contribution < 1.29 is 9.53 Å². The number of nitrogens with one attached hydrogen (secondary N) is 2. The van der Waals surface area contributed by atoms with Crippen LogP contribution < -0.4 is 15.9 Å². The lowest BCUT2D eigenvalue weighted by Crippen LogP contribution is -2.17. The maximum absolute atomic E-state index is 12.4. The molecule has 2 aromatic carbocycles. The summed E-state index contributed by atoms with van der Waals surface area (Å²) in [7, 11) is 1.62. The molecule has 164 valence electrons. The van der Waals surface area contributed by atoms with Crippen LogP contribution >= 0.6 is 11.8 Å². The first kappa shape index (κ1) is 21.4. The lowest BCUT2D eigenvalue weighted by molar-refractivity contribution is -0.113. The Balaban J connectivity index is 1.43. The molecule has 10 heteroatoms. The topological polar surface area (TPSA) is 124 Å². The summed E-state index contributed by atoms with van der Waals surface area (Å²) in [5.41, 5.74) is 5.15. The Kier molecular flexibility index (Phi) is 6.13. The van der Waals surface area contributed by atoms with Crippen molar-refractivity contribution in [2.75, 3.05) is 24.0 Å². The van der Waals surface area contributed by atoms with Gasteiger partial charge in [0.15, 0.2) is 0 Å². The van der Waals surface area contributed by atoms with Gasteiger partial charge >= 0.3 is 0 Å². The van der Waals surface area contributed by atoms with E-state index in [0.717, 1.165) is 33.8 Å². The summed E-state index contributed by atoms with van der Waals surface area (Å²) in [6.07, 6.45) is 0. The van der Waals surface area contributed by atoms with E-state index in [1.807, 2.05) is 62.4 Å². The average Bonchev–Trinajstić information content (AvgIpc) is 3.42. The number of ether oxygens (including phenoxy) is 1. The molecule has 4 aromatic rings. The third kappa shape index (κ3) is 4.45. The molecule has 2 heterocycles. The Labute approximate surface area is 189 Å². The fourth-order valence-electron chi connectivity index (χ4n) is 3.22. The van der Waals surface area contributed by atoms with E-state index in [2.05, 4.69) is 25.7 Å². The largest absolute Gasteiger partial charge is 0.497 e. The van der Waals surface area contributed by atoms with Gasteiger partial charge in [0.05, 0.1) is 18.6 Å². The van der Waals surface area contributed by atoms with E-state index >= 15 is 0 Å². The predicted molar refractivity (Wildman–Crippen MR) is 125 cm³/mol. The minimum absolute atomic E-state index is 0.139. The van der Waals surface area contributed by atoms with Crippen molar-refractivity contribution in [1.29, 1.82) is 0 Å². The number of nitrogens with zero attached hydrogens (tertiary/aromatic N) is 4. The third-order valence-electron chi connectivity index (χ3n) is 4.95. The number of thioether (sulfide) groups is 1. The quantitative estimate of drug-likeness (QED) is 0.292. The van der Waals surface area contributed by atoms with Crippen LogP contribution in [0.25, 0.3) is 22.8 Å². The number of benzene rings is 2. The molecule has 0 aliphatic rings. The van der Waals surface area contributed by atoms with E-state index in [9.17, 15) is 4.79 Å². The molecule has 9 nitrogen and oxygen atoms in total. The summed E-state index contributed by atoms with van der Waals surface area (Å²) in [6.45, 7) is 3.92. The maximum Gasteiger partial charge on any atom is 0.234 e. The Morgan fingerprint density at radius 1 is 1.16 bits per heavy atom. The molecule has 0 atom stereocenters. The zero-order valence-electron chi connectivity index (χ0n) is 17.9. The van der Waals surface area contributed by atoms with Gasteiger partial charge < -0.3 is 15.9 Å². The van der Waals surface area contributed by atoms with Crippen molar-refractivity contribution in [2.45, 2.75) is 19.0 Å². The molecule has 4 N–H and O–H groups in total. The first-order valence-corrected chi connectivity index (χ1v) is 10.8. The number of carbonyl (C=O) groups is 1. The number of amides is 1. The molecule has 32 heavy (non-hydrogen) atoms. The fourth-order valence-corrected chi connectivity index (χ4v) is 3.88. The molecule has 0 unspecified atom stereocenters. The molecular formula is C22H23N7O2S. The molecule has 0 bridgehead atoms. The summed E-state index contributed by atoms with van der Waals surface area (Å²) >= 11 is 1.21. The Bertz CT molecular complexity index is 1230. The van der Waals surface area contributed by atoms with E-state index in [0.29, 0.717) is 16.7 Å². The first-order valence-electron chi connectivity index (χ1n) is 9.86. The van der Waals surface area contributed by atoms with Crippen LogP contribution in [0, 0.1) is 13.8 Å². The van der Waals surface area contributed by atoms with Crippen molar-refractivity contribution in [1.82, 2.24) is 25.1 Å². The van der Waals surface area contributed by atoms with Crippen LogP contribution in [-0.4, -0.2) is 43.8 Å². The van der Waals surface area contributed by atoms with E-state index in [-0.39, 0.29) is 11.7 Å². The standard InChI is InChI=1S/C22H23N7O2S/c1-13-5-4-6-14(2)20(13)24-19(30)12-32-22-28-27-21(29(22)23)18-11-17(25-26-18)15-7-9-16(31-3)10-8-15/h4-11H,12,23H2,1-3H3,(H,24,30)(H,25,26). The van der Waals surface area contributed by atoms with Crippen molar-refractivity contribution in [3.8, 4) is 28.5 Å². The van der Waals surface area contributed by atoms with Gasteiger partial charge in [-0.15, -0.1) is 10.2 Å². The zero-order valence-corrected chi connectivity index (χ0v) is 18.7.